The van der Waals surface area contributed by atoms with Gasteiger partial charge < -0.3 is 4.90 Å². The largest absolute Gasteiger partial charge is 0.341 e. The van der Waals surface area contributed by atoms with Crippen LogP contribution in [0, 0.1) is 23.1 Å². The van der Waals surface area contributed by atoms with E-state index >= 15 is 0 Å². The van der Waals surface area contributed by atoms with Crippen molar-refractivity contribution in [2.45, 2.75) is 18.9 Å². The molecule has 1 aliphatic rings. The molecule has 2 rings (SSSR count). The monoisotopic (exact) mass is 289 g/mol. The zero-order valence-corrected chi connectivity index (χ0v) is 12.4. The van der Waals surface area contributed by atoms with Gasteiger partial charge in [0.15, 0.2) is 0 Å². The lowest BCUT2D eigenvalue weighted by molar-refractivity contribution is -0.137. The van der Waals surface area contributed by atoms with Crippen molar-refractivity contribution in [3.8, 4) is 6.07 Å². The normalized spacial score (nSPS) is 17.6. The summed E-state index contributed by atoms with van der Waals surface area (Å²) in [4.78, 5) is 16.4. The van der Waals surface area contributed by atoms with Crippen LogP contribution in [-0.2, 0) is 4.79 Å². The second-order valence-corrected chi connectivity index (χ2v) is 5.65. The molecule has 0 aliphatic carbocycles. The first kappa shape index (κ1) is 15.5. The predicted octanol–water partition coefficient (Wildman–Crippen LogP) is 2.19. The summed E-state index contributed by atoms with van der Waals surface area (Å²) in [7, 11) is 3.68. The summed E-state index contributed by atoms with van der Waals surface area (Å²) in [5.41, 5.74) is 0.786. The molecule has 0 saturated carbocycles. The number of hydrogen-bond donors (Lipinski definition) is 0. The van der Waals surface area contributed by atoms with Gasteiger partial charge >= 0.3 is 0 Å². The van der Waals surface area contributed by atoms with Crippen LogP contribution in [0.4, 0.5) is 4.39 Å². The number of hydrogen-bond acceptors (Lipinski definition) is 3. The Morgan fingerprint density at radius 2 is 1.90 bits per heavy atom. The van der Waals surface area contributed by atoms with E-state index in [0.717, 1.165) is 18.4 Å². The molecule has 1 atom stereocenters. The van der Waals surface area contributed by atoms with Crippen molar-refractivity contribution in [1.82, 2.24) is 9.80 Å². The molecule has 1 saturated heterocycles. The molecular weight excluding hydrogens is 269 g/mol. The van der Waals surface area contributed by atoms with Crippen LogP contribution in [0.2, 0.25) is 0 Å². The van der Waals surface area contributed by atoms with Gasteiger partial charge in [-0.2, -0.15) is 5.26 Å². The summed E-state index contributed by atoms with van der Waals surface area (Å²) in [6.45, 7) is 1.23. The van der Waals surface area contributed by atoms with E-state index in [4.69, 9.17) is 5.26 Å². The van der Waals surface area contributed by atoms with Crippen LogP contribution in [0.3, 0.4) is 0 Å². The van der Waals surface area contributed by atoms with E-state index in [9.17, 15) is 9.18 Å². The number of nitrogens with zero attached hydrogens (tertiary/aromatic N) is 3. The summed E-state index contributed by atoms with van der Waals surface area (Å²) in [5.74, 6) is -0.237. The zero-order valence-electron chi connectivity index (χ0n) is 12.4. The fourth-order valence-corrected chi connectivity index (χ4v) is 2.71. The summed E-state index contributed by atoms with van der Waals surface area (Å²) in [6.07, 6.45) is 1.46. The van der Waals surface area contributed by atoms with Gasteiger partial charge in [0.25, 0.3) is 0 Å². The Morgan fingerprint density at radius 3 is 2.38 bits per heavy atom. The number of piperidine rings is 1. The fraction of sp³-hybridized carbons (Fsp3) is 0.500. The first-order valence-electron chi connectivity index (χ1n) is 7.13. The molecule has 5 heteroatoms. The average molecular weight is 289 g/mol. The average Bonchev–Trinajstić information content (AvgIpc) is 2.49. The van der Waals surface area contributed by atoms with Crippen molar-refractivity contribution in [2.75, 3.05) is 27.2 Å². The Hall–Kier alpha value is -1.93. The summed E-state index contributed by atoms with van der Waals surface area (Å²) in [6, 6.07) is 7.91. The summed E-state index contributed by atoms with van der Waals surface area (Å²) in [5, 5.41) is 8.92. The number of nitriles is 1. The Kier molecular flexibility index (Phi) is 4.92. The third-order valence-electron chi connectivity index (χ3n) is 3.93. The molecular formula is C16H20FN3O. The van der Waals surface area contributed by atoms with Gasteiger partial charge in [-0.05, 0) is 44.6 Å². The molecule has 1 aliphatic heterocycles. The topological polar surface area (TPSA) is 47.3 Å². The first-order valence-corrected chi connectivity index (χ1v) is 7.13. The number of halogens is 1. The van der Waals surface area contributed by atoms with Gasteiger partial charge in [0.1, 0.15) is 11.9 Å². The number of rotatable bonds is 3. The molecule has 1 heterocycles. The number of carbonyl (C=O) groups excluding carboxylic acids is 1. The van der Waals surface area contributed by atoms with Gasteiger partial charge in [-0.15, -0.1) is 0 Å². The smallest absolute Gasteiger partial charge is 0.244 e. The molecule has 1 aromatic rings. The van der Waals surface area contributed by atoms with Gasteiger partial charge in [-0.25, -0.2) is 4.39 Å². The molecule has 21 heavy (non-hydrogen) atoms. The van der Waals surface area contributed by atoms with E-state index < -0.39 is 6.04 Å². The molecule has 1 amide bonds. The molecule has 1 aromatic carbocycles. The Balaban J connectivity index is 2.13. The van der Waals surface area contributed by atoms with E-state index in [0.29, 0.717) is 13.1 Å². The molecule has 0 aromatic heterocycles. The van der Waals surface area contributed by atoms with Gasteiger partial charge in [-0.3, -0.25) is 9.69 Å². The Morgan fingerprint density at radius 1 is 1.33 bits per heavy atom. The van der Waals surface area contributed by atoms with Gasteiger partial charge in [-0.1, -0.05) is 12.1 Å². The van der Waals surface area contributed by atoms with Gasteiger partial charge in [0, 0.05) is 19.0 Å². The summed E-state index contributed by atoms with van der Waals surface area (Å²) >= 11 is 0. The van der Waals surface area contributed by atoms with Crippen LogP contribution in [-0.4, -0.2) is 42.9 Å². The lowest BCUT2D eigenvalue weighted by Crippen LogP contribution is -2.44. The highest BCUT2D eigenvalue weighted by Crippen LogP contribution is 2.24. The van der Waals surface area contributed by atoms with Crippen molar-refractivity contribution >= 4 is 5.91 Å². The third-order valence-corrected chi connectivity index (χ3v) is 3.93. The Labute approximate surface area is 124 Å². The highest BCUT2D eigenvalue weighted by molar-refractivity contribution is 5.83. The maximum Gasteiger partial charge on any atom is 0.244 e. The van der Waals surface area contributed by atoms with Crippen LogP contribution in [0.5, 0.6) is 0 Å². The summed E-state index contributed by atoms with van der Waals surface area (Å²) < 4.78 is 13.0. The predicted molar refractivity (Wildman–Crippen MR) is 77.7 cm³/mol. The minimum absolute atomic E-state index is 0.0167. The molecule has 0 bridgehead atoms. The van der Waals surface area contributed by atoms with Gasteiger partial charge in [0.2, 0.25) is 5.91 Å². The second kappa shape index (κ2) is 6.68. The molecule has 1 fully saturated rings. The number of carbonyl (C=O) groups is 1. The molecule has 0 radical (unpaired) electrons. The maximum absolute atomic E-state index is 13.0. The van der Waals surface area contributed by atoms with Crippen molar-refractivity contribution in [1.29, 1.82) is 5.26 Å². The number of benzene rings is 1. The zero-order chi connectivity index (χ0) is 15.4. The molecule has 1 unspecified atom stereocenters. The first-order chi connectivity index (χ1) is 10.0. The van der Waals surface area contributed by atoms with Crippen LogP contribution in [0.25, 0.3) is 0 Å². The van der Waals surface area contributed by atoms with E-state index in [1.165, 1.54) is 12.1 Å². The molecule has 4 nitrogen and oxygen atoms in total. The van der Waals surface area contributed by atoms with Crippen molar-refractivity contribution in [3.05, 3.63) is 35.6 Å². The molecule has 112 valence electrons. The SMILES string of the molecule is CN(C)C(C(=O)N1CCC(C#N)CC1)c1ccc(F)cc1. The van der Waals surface area contributed by atoms with Crippen molar-refractivity contribution < 1.29 is 9.18 Å². The van der Waals surface area contributed by atoms with Gasteiger partial charge in [0.05, 0.1) is 6.07 Å². The van der Waals surface area contributed by atoms with Crippen LogP contribution < -0.4 is 0 Å². The van der Waals surface area contributed by atoms with Crippen LogP contribution >= 0.6 is 0 Å². The quantitative estimate of drug-likeness (QED) is 0.857. The minimum atomic E-state index is -0.413. The van der Waals surface area contributed by atoms with E-state index in [-0.39, 0.29) is 17.6 Å². The Bertz CT molecular complexity index is 527. The highest BCUT2D eigenvalue weighted by atomic mass is 19.1. The number of likely N-dealkylation sites (N-methyl/N-ethyl adjacent to an activating group) is 1. The third kappa shape index (κ3) is 3.59. The lowest BCUT2D eigenvalue weighted by atomic mass is 9.97. The molecule has 0 N–H and O–H groups in total. The van der Waals surface area contributed by atoms with E-state index in [2.05, 4.69) is 6.07 Å². The standard InChI is InChI=1S/C16H20FN3O/c1-19(2)15(13-3-5-14(17)6-4-13)16(21)20-9-7-12(11-18)8-10-20/h3-6,12,15H,7-10H2,1-2H3. The minimum Gasteiger partial charge on any atom is -0.341 e. The second-order valence-electron chi connectivity index (χ2n) is 5.65. The lowest BCUT2D eigenvalue weighted by Gasteiger charge is -2.34. The van der Waals surface area contributed by atoms with E-state index in [1.54, 1.807) is 12.1 Å². The van der Waals surface area contributed by atoms with E-state index in [1.807, 2.05) is 23.9 Å². The maximum atomic E-state index is 13.0. The number of likely N-dealkylation sites (tertiary alicyclic amines) is 1. The van der Waals surface area contributed by atoms with Crippen LogP contribution in [0.15, 0.2) is 24.3 Å². The van der Waals surface area contributed by atoms with Crippen LogP contribution in [0.1, 0.15) is 24.4 Å². The number of amides is 1. The highest BCUT2D eigenvalue weighted by Gasteiger charge is 2.30. The van der Waals surface area contributed by atoms with Crippen molar-refractivity contribution in [2.24, 2.45) is 5.92 Å². The van der Waals surface area contributed by atoms with Crippen molar-refractivity contribution in [3.63, 3.8) is 0 Å². The fourth-order valence-electron chi connectivity index (χ4n) is 2.71. The molecule has 0 spiro atoms.